The Bertz CT molecular complexity index is 531. The zero-order valence-electron chi connectivity index (χ0n) is 12.5. The minimum absolute atomic E-state index is 0.0408. The number of hydrogen-bond donors (Lipinski definition) is 1. The maximum atomic E-state index is 12.7. The standard InChI is InChI=1S/C14H22N4O2/c1-13(2)5-10(14(3,4)20-13)12(19)11-8-18(17-16-11)9-6-15-7-9/h8-10,15H,5-7H2,1-4H3. The topological polar surface area (TPSA) is 69.0 Å². The van der Waals surface area contributed by atoms with E-state index in [1.54, 1.807) is 10.9 Å². The Balaban J connectivity index is 1.80. The average Bonchev–Trinajstić information content (AvgIpc) is 2.77. The molecule has 0 aromatic carbocycles. The zero-order valence-corrected chi connectivity index (χ0v) is 12.5. The first kappa shape index (κ1) is 13.7. The summed E-state index contributed by atoms with van der Waals surface area (Å²) in [5, 5.41) is 11.3. The number of Topliss-reactive ketones (excluding diaryl/α,β-unsaturated/α-hetero) is 1. The van der Waals surface area contributed by atoms with Gasteiger partial charge in [0.2, 0.25) is 0 Å². The van der Waals surface area contributed by atoms with Gasteiger partial charge in [-0.2, -0.15) is 0 Å². The summed E-state index contributed by atoms with van der Waals surface area (Å²) in [6.45, 7) is 9.79. The molecule has 0 spiro atoms. The van der Waals surface area contributed by atoms with Gasteiger partial charge in [0.25, 0.3) is 0 Å². The second-order valence-electron chi connectivity index (χ2n) is 6.98. The van der Waals surface area contributed by atoms with Gasteiger partial charge >= 0.3 is 0 Å². The van der Waals surface area contributed by atoms with Gasteiger partial charge in [-0.3, -0.25) is 4.79 Å². The van der Waals surface area contributed by atoms with Crippen LogP contribution >= 0.6 is 0 Å². The van der Waals surface area contributed by atoms with Crippen LogP contribution in [0.15, 0.2) is 6.20 Å². The summed E-state index contributed by atoms with van der Waals surface area (Å²) >= 11 is 0. The summed E-state index contributed by atoms with van der Waals surface area (Å²) in [4.78, 5) is 12.7. The van der Waals surface area contributed by atoms with Gasteiger partial charge in [-0.15, -0.1) is 5.10 Å². The third-order valence-electron chi connectivity index (χ3n) is 4.29. The van der Waals surface area contributed by atoms with Gasteiger partial charge in [-0.05, 0) is 34.1 Å². The van der Waals surface area contributed by atoms with E-state index in [-0.39, 0.29) is 17.3 Å². The fraction of sp³-hybridized carbons (Fsp3) is 0.786. The number of carbonyl (C=O) groups is 1. The number of ether oxygens (including phenoxy) is 1. The Morgan fingerprint density at radius 2 is 2.10 bits per heavy atom. The normalized spacial score (nSPS) is 28.3. The molecule has 110 valence electrons. The van der Waals surface area contributed by atoms with Crippen LogP contribution in [0.25, 0.3) is 0 Å². The van der Waals surface area contributed by atoms with Crippen LogP contribution in [0.4, 0.5) is 0 Å². The summed E-state index contributed by atoms with van der Waals surface area (Å²) in [7, 11) is 0. The highest BCUT2D eigenvalue weighted by molar-refractivity contribution is 5.96. The first-order valence-corrected chi connectivity index (χ1v) is 7.15. The molecule has 1 atom stereocenters. The first-order chi connectivity index (χ1) is 9.28. The van der Waals surface area contributed by atoms with Crippen molar-refractivity contribution in [1.29, 1.82) is 0 Å². The van der Waals surface area contributed by atoms with E-state index in [9.17, 15) is 4.79 Å². The van der Waals surface area contributed by atoms with Gasteiger partial charge in [0.05, 0.1) is 29.4 Å². The SMILES string of the molecule is CC1(C)CC(C(=O)c2cn(C3CNC3)nn2)C(C)(C)O1. The van der Waals surface area contributed by atoms with Crippen molar-refractivity contribution < 1.29 is 9.53 Å². The van der Waals surface area contributed by atoms with Crippen molar-refractivity contribution in [3.63, 3.8) is 0 Å². The molecule has 3 rings (SSSR count). The average molecular weight is 278 g/mol. The molecule has 1 N–H and O–H groups in total. The summed E-state index contributed by atoms with van der Waals surface area (Å²) in [6.07, 6.45) is 2.49. The Kier molecular flexibility index (Phi) is 2.99. The van der Waals surface area contributed by atoms with Gasteiger partial charge in [0.1, 0.15) is 5.69 Å². The molecular weight excluding hydrogens is 256 g/mol. The lowest BCUT2D eigenvalue weighted by atomic mass is 9.83. The maximum Gasteiger partial charge on any atom is 0.190 e. The lowest BCUT2D eigenvalue weighted by Gasteiger charge is -2.26. The molecule has 1 unspecified atom stereocenters. The lowest BCUT2D eigenvalue weighted by Crippen LogP contribution is -2.43. The molecule has 3 heterocycles. The van der Waals surface area contributed by atoms with Crippen LogP contribution in [0.1, 0.15) is 50.6 Å². The summed E-state index contributed by atoms with van der Waals surface area (Å²) in [6, 6.07) is 0.327. The van der Waals surface area contributed by atoms with Crippen LogP contribution in [0, 0.1) is 5.92 Å². The quantitative estimate of drug-likeness (QED) is 0.841. The molecule has 1 aromatic rings. The third-order valence-corrected chi connectivity index (χ3v) is 4.29. The minimum Gasteiger partial charge on any atom is -0.369 e. The number of carbonyl (C=O) groups excluding carboxylic acids is 1. The largest absolute Gasteiger partial charge is 0.369 e. The van der Waals surface area contributed by atoms with E-state index in [1.807, 2.05) is 27.7 Å². The molecule has 0 amide bonds. The highest BCUT2D eigenvalue weighted by atomic mass is 16.5. The van der Waals surface area contributed by atoms with Crippen LogP contribution in [-0.4, -0.2) is 45.1 Å². The van der Waals surface area contributed by atoms with Gasteiger partial charge in [0, 0.05) is 13.1 Å². The molecule has 2 fully saturated rings. The van der Waals surface area contributed by atoms with Crippen molar-refractivity contribution >= 4 is 5.78 Å². The Morgan fingerprint density at radius 1 is 1.40 bits per heavy atom. The van der Waals surface area contributed by atoms with E-state index in [1.165, 1.54) is 0 Å². The molecular formula is C14H22N4O2. The van der Waals surface area contributed by atoms with E-state index in [4.69, 9.17) is 4.74 Å². The number of ketones is 1. The molecule has 0 bridgehead atoms. The van der Waals surface area contributed by atoms with Crippen molar-refractivity contribution in [1.82, 2.24) is 20.3 Å². The monoisotopic (exact) mass is 278 g/mol. The molecule has 2 saturated heterocycles. The Morgan fingerprint density at radius 3 is 2.60 bits per heavy atom. The second kappa shape index (κ2) is 4.36. The van der Waals surface area contributed by atoms with Gasteiger partial charge in [-0.1, -0.05) is 5.21 Å². The third kappa shape index (κ3) is 2.27. The summed E-state index contributed by atoms with van der Waals surface area (Å²) in [5.41, 5.74) is -0.267. The summed E-state index contributed by atoms with van der Waals surface area (Å²) < 4.78 is 7.78. The number of nitrogens with zero attached hydrogens (tertiary/aromatic N) is 3. The van der Waals surface area contributed by atoms with Crippen LogP contribution in [0.3, 0.4) is 0 Å². The van der Waals surface area contributed by atoms with Crippen molar-refractivity contribution in [3.05, 3.63) is 11.9 Å². The molecule has 1 aromatic heterocycles. The van der Waals surface area contributed by atoms with E-state index in [0.717, 1.165) is 19.5 Å². The molecule has 0 saturated carbocycles. The zero-order chi connectivity index (χ0) is 14.5. The van der Waals surface area contributed by atoms with E-state index in [2.05, 4.69) is 15.6 Å². The van der Waals surface area contributed by atoms with E-state index < -0.39 is 5.60 Å². The Labute approximate surface area is 118 Å². The van der Waals surface area contributed by atoms with Crippen LogP contribution in [0.2, 0.25) is 0 Å². The van der Waals surface area contributed by atoms with Crippen molar-refractivity contribution in [2.45, 2.75) is 51.4 Å². The molecule has 2 aliphatic heterocycles. The predicted molar refractivity (Wildman–Crippen MR) is 73.6 cm³/mol. The van der Waals surface area contributed by atoms with Gasteiger partial charge in [-0.25, -0.2) is 4.68 Å². The van der Waals surface area contributed by atoms with Crippen LogP contribution < -0.4 is 5.32 Å². The molecule has 0 aliphatic carbocycles. The number of rotatable bonds is 3. The van der Waals surface area contributed by atoms with Gasteiger partial charge in [0.15, 0.2) is 5.78 Å². The van der Waals surface area contributed by atoms with Crippen molar-refractivity contribution in [3.8, 4) is 0 Å². The molecule has 6 nitrogen and oxygen atoms in total. The molecule has 20 heavy (non-hydrogen) atoms. The maximum absolute atomic E-state index is 12.7. The smallest absolute Gasteiger partial charge is 0.190 e. The van der Waals surface area contributed by atoms with Crippen molar-refractivity contribution in [2.75, 3.05) is 13.1 Å². The highest BCUT2D eigenvalue weighted by Crippen LogP contribution is 2.43. The van der Waals surface area contributed by atoms with Gasteiger partial charge < -0.3 is 10.1 Å². The Hall–Kier alpha value is -1.27. The molecule has 6 heteroatoms. The first-order valence-electron chi connectivity index (χ1n) is 7.15. The van der Waals surface area contributed by atoms with Crippen molar-refractivity contribution in [2.24, 2.45) is 5.92 Å². The van der Waals surface area contributed by atoms with E-state index in [0.29, 0.717) is 11.7 Å². The predicted octanol–water partition coefficient (Wildman–Crippen LogP) is 1.20. The molecule has 0 radical (unpaired) electrons. The number of aromatic nitrogens is 3. The van der Waals surface area contributed by atoms with Crippen LogP contribution in [-0.2, 0) is 4.74 Å². The fourth-order valence-corrected chi connectivity index (χ4v) is 3.18. The fourth-order valence-electron chi connectivity index (χ4n) is 3.18. The lowest BCUT2D eigenvalue weighted by molar-refractivity contribution is -0.0712. The minimum atomic E-state index is -0.456. The number of hydrogen-bond acceptors (Lipinski definition) is 5. The summed E-state index contributed by atoms with van der Waals surface area (Å²) in [5.74, 6) is -0.124. The number of nitrogens with one attached hydrogen (secondary N) is 1. The van der Waals surface area contributed by atoms with Crippen LogP contribution in [0.5, 0.6) is 0 Å². The van der Waals surface area contributed by atoms with E-state index >= 15 is 0 Å². The molecule has 2 aliphatic rings. The highest BCUT2D eigenvalue weighted by Gasteiger charge is 2.49. The second-order valence-corrected chi connectivity index (χ2v) is 6.98.